The van der Waals surface area contributed by atoms with E-state index in [4.69, 9.17) is 10.8 Å². The molecule has 0 aliphatic rings. The molecule has 0 unspecified atom stereocenters. The van der Waals surface area contributed by atoms with Gasteiger partial charge in [-0.25, -0.2) is 0 Å². The number of rotatable bonds is 11. The molecule has 0 spiro atoms. The molecule has 0 aromatic rings. The van der Waals surface area contributed by atoms with E-state index in [0.29, 0.717) is 0 Å². The maximum atomic E-state index is 11.8. The van der Waals surface area contributed by atoms with Gasteiger partial charge in [0.15, 0.2) is 0 Å². The lowest BCUT2D eigenvalue weighted by atomic mass is 10.3. The van der Waals surface area contributed by atoms with Crippen molar-refractivity contribution in [1.29, 1.82) is 0 Å². The van der Waals surface area contributed by atoms with Crippen LogP contribution in [0.15, 0.2) is 0 Å². The predicted molar refractivity (Wildman–Crippen MR) is 94.3 cm³/mol. The van der Waals surface area contributed by atoms with Crippen LogP contribution < -0.4 is 27.0 Å². The maximum absolute atomic E-state index is 11.8. The zero-order chi connectivity index (χ0) is 19.4. The number of carbonyl (C=O) groups excluding carboxylic acids is 4. The first-order valence-electron chi connectivity index (χ1n) is 7.02. The van der Waals surface area contributed by atoms with E-state index in [-0.39, 0.29) is 18.1 Å². The quantitative estimate of drug-likeness (QED) is 0.165. The Balaban J connectivity index is 4.42. The molecule has 142 valence electrons. The summed E-state index contributed by atoms with van der Waals surface area (Å²) in [6, 6.07) is -2.03. The maximum Gasteiger partial charge on any atom is 0.322 e. The topological polar surface area (TPSA) is 180 Å². The summed E-state index contributed by atoms with van der Waals surface area (Å²) in [5.41, 5.74) is 5.12. The fraction of sp³-hybridized carbons (Fsp3) is 0.583. The van der Waals surface area contributed by atoms with Crippen LogP contribution in [-0.4, -0.2) is 77.9 Å². The standard InChI is InChI=1S/C12H21N5O6S2/c13-1-8(18)16-6(4-24)11(22)14-2-9(19)17-7(5-25)12(23)15-3-10(20)21/h6-7,24-25H,1-5,13H2,(H,14,22)(H,15,23)(H,16,18)(H,17,19)(H,20,21)/t6-,7-/m0/s1. The SMILES string of the molecule is NCC(=O)N[C@@H](CS)C(=O)NCC(=O)N[C@@H](CS)C(=O)NCC(=O)O. The van der Waals surface area contributed by atoms with Crippen LogP contribution in [0.1, 0.15) is 0 Å². The summed E-state index contributed by atoms with van der Waals surface area (Å²) in [6.45, 7) is -1.36. The minimum atomic E-state index is -1.23. The number of carboxylic acid groups (broad SMARTS) is 1. The van der Waals surface area contributed by atoms with Crippen molar-refractivity contribution < 1.29 is 29.1 Å². The van der Waals surface area contributed by atoms with Gasteiger partial charge in [0.2, 0.25) is 23.6 Å². The summed E-state index contributed by atoms with van der Waals surface area (Å²) in [6.07, 6.45) is 0. The molecule has 0 saturated heterocycles. The van der Waals surface area contributed by atoms with Crippen LogP contribution in [0.3, 0.4) is 0 Å². The van der Waals surface area contributed by atoms with Crippen molar-refractivity contribution in [2.24, 2.45) is 5.73 Å². The molecular formula is C12H21N5O6S2. The van der Waals surface area contributed by atoms with E-state index >= 15 is 0 Å². The van der Waals surface area contributed by atoms with E-state index in [1.54, 1.807) is 0 Å². The highest BCUT2D eigenvalue weighted by molar-refractivity contribution is 7.80. The summed E-state index contributed by atoms with van der Waals surface area (Å²) in [4.78, 5) is 56.8. The van der Waals surface area contributed by atoms with Gasteiger partial charge < -0.3 is 32.1 Å². The number of thiol groups is 2. The molecule has 11 nitrogen and oxygen atoms in total. The largest absolute Gasteiger partial charge is 0.480 e. The summed E-state index contributed by atoms with van der Waals surface area (Å²) in [5.74, 6) is -3.93. The first kappa shape index (κ1) is 23.0. The zero-order valence-electron chi connectivity index (χ0n) is 13.2. The third-order valence-corrected chi connectivity index (χ3v) is 3.42. The van der Waals surface area contributed by atoms with Gasteiger partial charge in [-0.15, -0.1) is 0 Å². The number of hydrogen-bond donors (Lipinski definition) is 8. The minimum Gasteiger partial charge on any atom is -0.480 e. The predicted octanol–water partition coefficient (Wildman–Crippen LogP) is -3.91. The summed E-state index contributed by atoms with van der Waals surface area (Å²) in [7, 11) is 0. The molecule has 0 rings (SSSR count). The monoisotopic (exact) mass is 395 g/mol. The Kier molecular flexibility index (Phi) is 11.4. The lowest BCUT2D eigenvalue weighted by Crippen LogP contribution is -2.54. The first-order valence-corrected chi connectivity index (χ1v) is 8.29. The smallest absolute Gasteiger partial charge is 0.322 e. The molecule has 0 fully saturated rings. The number of carboxylic acids is 1. The molecule has 0 aromatic carbocycles. The number of nitrogens with one attached hydrogen (secondary N) is 4. The van der Waals surface area contributed by atoms with E-state index in [9.17, 15) is 24.0 Å². The van der Waals surface area contributed by atoms with Crippen molar-refractivity contribution in [2.45, 2.75) is 12.1 Å². The minimum absolute atomic E-state index is 0.00392. The third-order valence-electron chi connectivity index (χ3n) is 2.69. The summed E-state index contributed by atoms with van der Waals surface area (Å²) >= 11 is 7.82. The lowest BCUT2D eigenvalue weighted by molar-refractivity contribution is -0.138. The molecular weight excluding hydrogens is 374 g/mol. The van der Waals surface area contributed by atoms with Crippen LogP contribution in [0.4, 0.5) is 0 Å². The number of carbonyl (C=O) groups is 5. The van der Waals surface area contributed by atoms with E-state index in [1.807, 2.05) is 0 Å². The Morgan fingerprint density at radius 2 is 1.28 bits per heavy atom. The van der Waals surface area contributed by atoms with Crippen LogP contribution >= 0.6 is 25.3 Å². The number of aliphatic carboxylic acids is 1. The second-order valence-electron chi connectivity index (χ2n) is 4.64. The van der Waals surface area contributed by atoms with Gasteiger partial charge in [-0.1, -0.05) is 0 Å². The Bertz CT molecular complexity index is 518. The van der Waals surface area contributed by atoms with Crippen LogP contribution in [0, 0.1) is 0 Å². The first-order chi connectivity index (χ1) is 11.7. The molecule has 2 atom stereocenters. The Hall–Kier alpha value is -1.99. The van der Waals surface area contributed by atoms with Gasteiger partial charge >= 0.3 is 5.97 Å². The van der Waals surface area contributed by atoms with Crippen molar-refractivity contribution in [3.8, 4) is 0 Å². The Morgan fingerprint density at radius 1 is 0.840 bits per heavy atom. The van der Waals surface area contributed by atoms with Gasteiger partial charge in [0.1, 0.15) is 18.6 Å². The van der Waals surface area contributed by atoms with E-state index in [2.05, 4.69) is 46.5 Å². The Labute approximate surface area is 154 Å². The van der Waals surface area contributed by atoms with Crippen LogP contribution in [0.2, 0.25) is 0 Å². The van der Waals surface area contributed by atoms with E-state index < -0.39 is 54.8 Å². The summed E-state index contributed by atoms with van der Waals surface area (Å²) in [5, 5.41) is 17.5. The number of nitrogens with two attached hydrogens (primary N) is 1. The van der Waals surface area contributed by atoms with Crippen molar-refractivity contribution in [3.63, 3.8) is 0 Å². The lowest BCUT2D eigenvalue weighted by Gasteiger charge is -2.18. The highest BCUT2D eigenvalue weighted by Gasteiger charge is 2.22. The van der Waals surface area contributed by atoms with Crippen LogP contribution in [0.5, 0.6) is 0 Å². The average Bonchev–Trinajstić information content (AvgIpc) is 2.59. The van der Waals surface area contributed by atoms with Crippen LogP contribution in [0.25, 0.3) is 0 Å². The molecule has 0 radical (unpaired) electrons. The fourth-order valence-electron chi connectivity index (χ4n) is 1.46. The third kappa shape index (κ3) is 9.79. The normalized spacial score (nSPS) is 12.4. The summed E-state index contributed by atoms with van der Waals surface area (Å²) < 4.78 is 0. The second-order valence-corrected chi connectivity index (χ2v) is 5.37. The molecule has 13 heteroatoms. The van der Waals surface area contributed by atoms with Gasteiger partial charge in [0.25, 0.3) is 0 Å². The second kappa shape index (κ2) is 12.4. The van der Waals surface area contributed by atoms with Gasteiger partial charge in [-0.2, -0.15) is 25.3 Å². The molecule has 0 bridgehead atoms. The molecule has 25 heavy (non-hydrogen) atoms. The zero-order valence-corrected chi connectivity index (χ0v) is 14.9. The number of hydrogen-bond acceptors (Lipinski definition) is 8. The van der Waals surface area contributed by atoms with Crippen molar-refractivity contribution in [2.75, 3.05) is 31.1 Å². The van der Waals surface area contributed by atoms with Crippen molar-refractivity contribution in [3.05, 3.63) is 0 Å². The van der Waals surface area contributed by atoms with E-state index in [1.165, 1.54) is 0 Å². The highest BCUT2D eigenvalue weighted by Crippen LogP contribution is 1.91. The van der Waals surface area contributed by atoms with Gasteiger partial charge in [0.05, 0.1) is 13.1 Å². The molecule has 0 heterocycles. The van der Waals surface area contributed by atoms with Crippen molar-refractivity contribution >= 4 is 54.9 Å². The van der Waals surface area contributed by atoms with Crippen molar-refractivity contribution in [1.82, 2.24) is 21.3 Å². The van der Waals surface area contributed by atoms with E-state index in [0.717, 1.165) is 0 Å². The average molecular weight is 395 g/mol. The molecule has 4 amide bonds. The molecule has 0 aromatic heterocycles. The molecule has 0 aliphatic carbocycles. The molecule has 0 aliphatic heterocycles. The Morgan fingerprint density at radius 3 is 1.68 bits per heavy atom. The molecule has 7 N–H and O–H groups in total. The number of amides is 4. The fourth-order valence-corrected chi connectivity index (χ4v) is 1.98. The van der Waals surface area contributed by atoms with Gasteiger partial charge in [-0.3, -0.25) is 24.0 Å². The highest BCUT2D eigenvalue weighted by atomic mass is 32.1. The molecule has 0 saturated carbocycles. The van der Waals surface area contributed by atoms with Gasteiger partial charge in [0, 0.05) is 11.5 Å². The van der Waals surface area contributed by atoms with Gasteiger partial charge in [-0.05, 0) is 0 Å². The van der Waals surface area contributed by atoms with Crippen LogP contribution in [-0.2, 0) is 24.0 Å².